The Balaban J connectivity index is 2.21. The van der Waals surface area contributed by atoms with Crippen LogP contribution in [0.3, 0.4) is 0 Å². The first-order chi connectivity index (χ1) is 10.8. The van der Waals surface area contributed by atoms with Gasteiger partial charge in [0.1, 0.15) is 0 Å². The fraction of sp³-hybridized carbons (Fsp3) is 0.333. The lowest BCUT2D eigenvalue weighted by Gasteiger charge is -2.31. The third-order valence-corrected chi connectivity index (χ3v) is 3.68. The van der Waals surface area contributed by atoms with Gasteiger partial charge >= 0.3 is 6.18 Å². The summed E-state index contributed by atoms with van der Waals surface area (Å²) in [5, 5.41) is 10.4. The Morgan fingerprint density at radius 3 is 2.22 bits per heavy atom. The van der Waals surface area contributed by atoms with Gasteiger partial charge in [-0.05, 0) is 43.7 Å². The number of rotatable bonds is 5. The largest absolute Gasteiger partial charge is 0.416 e. The minimum Gasteiger partial charge on any atom is -0.387 e. The summed E-state index contributed by atoms with van der Waals surface area (Å²) in [5.41, 5.74) is 0.444. The van der Waals surface area contributed by atoms with Crippen LogP contribution in [0.25, 0.3) is 0 Å². The van der Waals surface area contributed by atoms with Crippen LogP contribution in [-0.4, -0.2) is 17.7 Å². The third kappa shape index (κ3) is 4.48. The van der Waals surface area contributed by atoms with Crippen molar-refractivity contribution in [2.24, 2.45) is 0 Å². The molecule has 1 atom stereocenters. The maximum absolute atomic E-state index is 12.8. The highest BCUT2D eigenvalue weighted by molar-refractivity contribution is 5.47. The van der Waals surface area contributed by atoms with E-state index in [2.05, 4.69) is 0 Å². The van der Waals surface area contributed by atoms with Crippen molar-refractivity contribution < 1.29 is 18.3 Å². The summed E-state index contributed by atoms with van der Waals surface area (Å²) in [6.07, 6.45) is -5.41. The van der Waals surface area contributed by atoms with Crippen LogP contribution in [0.15, 0.2) is 54.6 Å². The minimum absolute atomic E-state index is 0.109. The van der Waals surface area contributed by atoms with E-state index in [1.165, 1.54) is 12.1 Å². The highest BCUT2D eigenvalue weighted by atomic mass is 19.4. The van der Waals surface area contributed by atoms with Crippen LogP contribution in [0.5, 0.6) is 0 Å². The van der Waals surface area contributed by atoms with Crippen LogP contribution >= 0.6 is 0 Å². The van der Waals surface area contributed by atoms with Gasteiger partial charge in [0.2, 0.25) is 0 Å². The van der Waals surface area contributed by atoms with Crippen molar-refractivity contribution in [3.63, 3.8) is 0 Å². The number of nitrogens with zero attached hydrogens (tertiary/aromatic N) is 1. The molecule has 0 saturated carbocycles. The molecule has 0 amide bonds. The van der Waals surface area contributed by atoms with Gasteiger partial charge in [-0.25, -0.2) is 0 Å². The second-order valence-electron chi connectivity index (χ2n) is 5.72. The molecule has 0 spiro atoms. The second kappa shape index (κ2) is 7.04. The van der Waals surface area contributed by atoms with Crippen molar-refractivity contribution in [3.05, 3.63) is 65.7 Å². The molecule has 5 heteroatoms. The van der Waals surface area contributed by atoms with E-state index in [4.69, 9.17) is 0 Å². The number of alkyl halides is 3. The van der Waals surface area contributed by atoms with E-state index in [1.54, 1.807) is 0 Å². The Hall–Kier alpha value is -2.01. The molecular formula is C18H20F3NO. The maximum atomic E-state index is 12.8. The van der Waals surface area contributed by atoms with Crippen molar-refractivity contribution in [2.75, 3.05) is 11.4 Å². The average molecular weight is 323 g/mol. The molecule has 0 aliphatic carbocycles. The molecule has 0 aliphatic heterocycles. The summed E-state index contributed by atoms with van der Waals surface area (Å²) in [7, 11) is 0. The van der Waals surface area contributed by atoms with E-state index in [1.807, 2.05) is 49.1 Å². The Labute approximate surface area is 134 Å². The fourth-order valence-corrected chi connectivity index (χ4v) is 2.45. The monoisotopic (exact) mass is 323 g/mol. The maximum Gasteiger partial charge on any atom is 0.416 e. The number of hydrogen-bond donors (Lipinski definition) is 1. The SMILES string of the molecule is CC(C)N(CC(O)c1cccc(C(F)(F)F)c1)c1ccccc1. The zero-order chi connectivity index (χ0) is 17.0. The van der Waals surface area contributed by atoms with Gasteiger partial charge in [-0.2, -0.15) is 13.2 Å². The predicted molar refractivity (Wildman–Crippen MR) is 85.3 cm³/mol. The lowest BCUT2D eigenvalue weighted by Crippen LogP contribution is -2.34. The summed E-state index contributed by atoms with van der Waals surface area (Å²) in [5.74, 6) is 0. The summed E-state index contributed by atoms with van der Waals surface area (Å²) in [6, 6.07) is 14.5. The van der Waals surface area contributed by atoms with Crippen molar-refractivity contribution >= 4 is 5.69 Å². The van der Waals surface area contributed by atoms with E-state index in [-0.39, 0.29) is 18.2 Å². The molecule has 0 fully saturated rings. The molecule has 2 nitrogen and oxygen atoms in total. The van der Waals surface area contributed by atoms with Crippen molar-refractivity contribution in [2.45, 2.75) is 32.2 Å². The zero-order valence-corrected chi connectivity index (χ0v) is 13.1. The van der Waals surface area contributed by atoms with Gasteiger partial charge in [0.05, 0.1) is 11.7 Å². The molecule has 1 N–H and O–H groups in total. The van der Waals surface area contributed by atoms with E-state index in [0.29, 0.717) is 0 Å². The Kier molecular flexibility index (Phi) is 5.31. The van der Waals surface area contributed by atoms with Crippen LogP contribution in [0.1, 0.15) is 31.1 Å². The normalized spacial score (nSPS) is 13.2. The second-order valence-corrected chi connectivity index (χ2v) is 5.72. The number of anilines is 1. The lowest BCUT2D eigenvalue weighted by atomic mass is 10.0. The summed E-state index contributed by atoms with van der Waals surface area (Å²) in [4.78, 5) is 1.96. The number of benzene rings is 2. The topological polar surface area (TPSA) is 23.5 Å². The van der Waals surface area contributed by atoms with Gasteiger partial charge in [-0.3, -0.25) is 0 Å². The van der Waals surface area contributed by atoms with Crippen molar-refractivity contribution in [1.82, 2.24) is 0 Å². The van der Waals surface area contributed by atoms with Crippen molar-refractivity contribution in [3.8, 4) is 0 Å². The molecule has 124 valence electrons. The van der Waals surface area contributed by atoms with Crippen molar-refractivity contribution in [1.29, 1.82) is 0 Å². The number of aliphatic hydroxyl groups excluding tert-OH is 1. The van der Waals surface area contributed by atoms with E-state index >= 15 is 0 Å². The lowest BCUT2D eigenvalue weighted by molar-refractivity contribution is -0.137. The smallest absolute Gasteiger partial charge is 0.387 e. The highest BCUT2D eigenvalue weighted by Gasteiger charge is 2.31. The molecule has 0 saturated heterocycles. The minimum atomic E-state index is -4.41. The van der Waals surface area contributed by atoms with E-state index in [0.717, 1.165) is 17.8 Å². The molecule has 0 heterocycles. The average Bonchev–Trinajstić information content (AvgIpc) is 2.52. The first-order valence-electron chi connectivity index (χ1n) is 7.46. The number of aliphatic hydroxyl groups is 1. The number of halogens is 3. The highest BCUT2D eigenvalue weighted by Crippen LogP contribution is 2.31. The molecule has 0 radical (unpaired) electrons. The molecule has 1 unspecified atom stereocenters. The molecular weight excluding hydrogens is 303 g/mol. The van der Waals surface area contributed by atoms with E-state index < -0.39 is 17.8 Å². The first-order valence-corrected chi connectivity index (χ1v) is 7.46. The summed E-state index contributed by atoms with van der Waals surface area (Å²) in [6.45, 7) is 4.18. The molecule has 2 rings (SSSR count). The van der Waals surface area contributed by atoms with Gasteiger partial charge in [-0.1, -0.05) is 30.3 Å². The van der Waals surface area contributed by atoms with Gasteiger partial charge in [-0.15, -0.1) is 0 Å². The van der Waals surface area contributed by atoms with E-state index in [9.17, 15) is 18.3 Å². The Bertz CT molecular complexity index is 626. The molecule has 2 aromatic carbocycles. The van der Waals surface area contributed by atoms with Crippen LogP contribution in [0.4, 0.5) is 18.9 Å². The molecule has 0 aliphatic rings. The van der Waals surface area contributed by atoms with Crippen LogP contribution in [0, 0.1) is 0 Å². The number of para-hydroxylation sites is 1. The van der Waals surface area contributed by atoms with Gasteiger partial charge < -0.3 is 10.0 Å². The third-order valence-electron chi connectivity index (χ3n) is 3.68. The van der Waals surface area contributed by atoms with Gasteiger partial charge in [0.15, 0.2) is 0 Å². The van der Waals surface area contributed by atoms with Crippen LogP contribution < -0.4 is 4.90 Å². The van der Waals surface area contributed by atoms with Gasteiger partial charge in [0.25, 0.3) is 0 Å². The standard InChI is InChI=1S/C18H20F3NO/c1-13(2)22(16-9-4-3-5-10-16)12-17(23)14-7-6-8-15(11-14)18(19,20)21/h3-11,13,17,23H,12H2,1-2H3. The molecule has 2 aromatic rings. The fourth-order valence-electron chi connectivity index (χ4n) is 2.45. The Morgan fingerprint density at radius 2 is 1.65 bits per heavy atom. The first kappa shape index (κ1) is 17.3. The van der Waals surface area contributed by atoms with Crippen LogP contribution in [0.2, 0.25) is 0 Å². The van der Waals surface area contributed by atoms with Gasteiger partial charge in [0, 0.05) is 18.3 Å². The summed E-state index contributed by atoms with van der Waals surface area (Å²) < 4.78 is 38.4. The zero-order valence-electron chi connectivity index (χ0n) is 13.1. The molecule has 23 heavy (non-hydrogen) atoms. The summed E-state index contributed by atoms with van der Waals surface area (Å²) >= 11 is 0. The quantitative estimate of drug-likeness (QED) is 0.865. The molecule has 0 aromatic heterocycles. The Morgan fingerprint density at radius 1 is 1.00 bits per heavy atom. The van der Waals surface area contributed by atoms with Crippen LogP contribution in [-0.2, 0) is 6.18 Å². The molecule has 0 bridgehead atoms. The number of hydrogen-bond acceptors (Lipinski definition) is 2. The predicted octanol–water partition coefficient (Wildman–Crippen LogP) is 4.65.